The Kier molecular flexibility index (Phi) is 3.88. The molecule has 0 aliphatic carbocycles. The molecule has 0 saturated carbocycles. The first-order valence-electron chi connectivity index (χ1n) is 2.78. The maximum Gasteiger partial charge on any atom is 0.413 e. The number of hydrogen-bond acceptors (Lipinski definition) is 4. The highest BCUT2D eigenvalue weighted by molar-refractivity contribution is 7.69. The lowest BCUT2D eigenvalue weighted by molar-refractivity contribution is -0.139. The van der Waals surface area contributed by atoms with Gasteiger partial charge in [-0.1, -0.05) is 0 Å². The third kappa shape index (κ3) is 4.07. The van der Waals surface area contributed by atoms with Gasteiger partial charge in [-0.15, -0.1) is 0 Å². The van der Waals surface area contributed by atoms with Gasteiger partial charge >= 0.3 is 19.2 Å². The average molecular weight is 197 g/mol. The first kappa shape index (κ1) is 11.1. The van der Waals surface area contributed by atoms with Crippen molar-refractivity contribution in [3.8, 4) is 0 Å². The summed E-state index contributed by atoms with van der Waals surface area (Å²) >= 11 is 0. The Morgan fingerprint density at radius 2 is 2.00 bits per heavy atom. The first-order valence-corrected chi connectivity index (χ1v) is 4.40. The van der Waals surface area contributed by atoms with Gasteiger partial charge in [0.05, 0.1) is 7.11 Å². The topological polar surface area (TPSA) is 113 Å². The normalized spacial score (nSPS) is 10.6. The summed E-state index contributed by atoms with van der Waals surface area (Å²) in [5, 5.41) is 1.70. The van der Waals surface area contributed by atoms with Crippen LogP contribution in [-0.4, -0.2) is 35.1 Å². The molecule has 1 amide bonds. The van der Waals surface area contributed by atoms with E-state index in [1.165, 1.54) is 0 Å². The SMILES string of the molecule is COC(=O)CNC(=O)P(=O)(O)O. The molecule has 0 saturated heterocycles. The summed E-state index contributed by atoms with van der Waals surface area (Å²) in [5.74, 6) is -0.781. The number of hydrogen-bond donors (Lipinski definition) is 3. The van der Waals surface area contributed by atoms with Crippen molar-refractivity contribution in [3.63, 3.8) is 0 Å². The van der Waals surface area contributed by atoms with E-state index in [0.717, 1.165) is 7.11 Å². The number of carbonyl (C=O) groups excluding carboxylic acids is 2. The zero-order valence-corrected chi connectivity index (χ0v) is 7.08. The van der Waals surface area contributed by atoms with Crippen LogP contribution in [0.3, 0.4) is 0 Å². The highest BCUT2D eigenvalue weighted by Gasteiger charge is 2.25. The molecule has 12 heavy (non-hydrogen) atoms. The number of esters is 1. The number of amides is 1. The second kappa shape index (κ2) is 4.20. The van der Waals surface area contributed by atoms with E-state index in [1.807, 2.05) is 0 Å². The molecule has 0 rings (SSSR count). The minimum absolute atomic E-state index is 0.555. The maximum absolute atomic E-state index is 10.4. The number of methoxy groups -OCH3 is 1. The van der Waals surface area contributed by atoms with Gasteiger partial charge < -0.3 is 19.8 Å². The van der Waals surface area contributed by atoms with E-state index < -0.39 is 25.8 Å². The number of carbonyl (C=O) groups is 2. The summed E-state index contributed by atoms with van der Waals surface area (Å²) in [5.41, 5.74) is -1.49. The molecule has 8 heteroatoms. The van der Waals surface area contributed by atoms with E-state index in [-0.39, 0.29) is 0 Å². The predicted octanol–water partition coefficient (Wildman–Crippen LogP) is -0.953. The van der Waals surface area contributed by atoms with Crippen LogP contribution >= 0.6 is 7.60 Å². The van der Waals surface area contributed by atoms with Crippen molar-refractivity contribution in [1.29, 1.82) is 0 Å². The second-order valence-electron chi connectivity index (χ2n) is 1.78. The van der Waals surface area contributed by atoms with Crippen molar-refractivity contribution in [2.24, 2.45) is 0 Å². The molecule has 0 aliphatic rings. The third-order valence-electron chi connectivity index (χ3n) is 0.876. The van der Waals surface area contributed by atoms with Crippen molar-refractivity contribution in [2.45, 2.75) is 0 Å². The van der Waals surface area contributed by atoms with Crippen LogP contribution in [0.4, 0.5) is 4.79 Å². The van der Waals surface area contributed by atoms with Gasteiger partial charge in [0, 0.05) is 0 Å². The van der Waals surface area contributed by atoms with E-state index in [4.69, 9.17) is 9.79 Å². The van der Waals surface area contributed by atoms with Crippen molar-refractivity contribution in [1.82, 2.24) is 5.32 Å². The summed E-state index contributed by atoms with van der Waals surface area (Å²) in [4.78, 5) is 37.2. The largest absolute Gasteiger partial charge is 0.468 e. The summed E-state index contributed by atoms with van der Waals surface area (Å²) in [6.45, 7) is -0.555. The number of ether oxygens (including phenoxy) is 1. The minimum atomic E-state index is -4.78. The van der Waals surface area contributed by atoms with Crippen LogP contribution < -0.4 is 5.32 Å². The Labute approximate surface area is 67.9 Å². The molecule has 0 bridgehead atoms. The van der Waals surface area contributed by atoms with Gasteiger partial charge in [-0.2, -0.15) is 0 Å². The Bertz CT molecular complexity index is 232. The Morgan fingerprint density at radius 3 is 2.33 bits per heavy atom. The Morgan fingerprint density at radius 1 is 1.50 bits per heavy atom. The van der Waals surface area contributed by atoms with Gasteiger partial charge in [0.15, 0.2) is 0 Å². The molecule has 0 heterocycles. The molecule has 0 spiro atoms. The Hall–Kier alpha value is -0.910. The fourth-order valence-electron chi connectivity index (χ4n) is 0.323. The Balaban J connectivity index is 3.89. The van der Waals surface area contributed by atoms with Crippen LogP contribution in [0.5, 0.6) is 0 Å². The predicted molar refractivity (Wildman–Crippen MR) is 37.5 cm³/mol. The molecule has 7 nitrogen and oxygen atoms in total. The number of nitrogens with one attached hydrogen (secondary N) is 1. The summed E-state index contributed by atoms with van der Waals surface area (Å²) in [6, 6.07) is 0. The molecular weight excluding hydrogens is 189 g/mol. The van der Waals surface area contributed by atoms with Crippen molar-refractivity contribution in [2.75, 3.05) is 13.7 Å². The fraction of sp³-hybridized carbons (Fsp3) is 0.500. The van der Waals surface area contributed by atoms with Gasteiger partial charge in [0.1, 0.15) is 6.54 Å². The molecule has 3 N–H and O–H groups in total. The second-order valence-corrected chi connectivity index (χ2v) is 3.27. The third-order valence-corrected chi connectivity index (χ3v) is 1.56. The molecule has 0 aromatic heterocycles. The van der Waals surface area contributed by atoms with Gasteiger partial charge in [-0.05, 0) is 0 Å². The van der Waals surface area contributed by atoms with Crippen LogP contribution in [0.2, 0.25) is 0 Å². The molecule has 70 valence electrons. The van der Waals surface area contributed by atoms with Gasteiger partial charge in [-0.25, -0.2) is 4.57 Å². The summed E-state index contributed by atoms with van der Waals surface area (Å²) < 4.78 is 14.3. The lowest BCUT2D eigenvalue weighted by atomic mass is 10.7. The summed E-state index contributed by atoms with van der Waals surface area (Å²) in [7, 11) is -3.69. The van der Waals surface area contributed by atoms with E-state index in [1.54, 1.807) is 5.32 Å². The van der Waals surface area contributed by atoms with E-state index >= 15 is 0 Å². The highest BCUT2D eigenvalue weighted by Crippen LogP contribution is 2.34. The highest BCUT2D eigenvalue weighted by atomic mass is 31.2. The van der Waals surface area contributed by atoms with Crippen LogP contribution in [0.15, 0.2) is 0 Å². The van der Waals surface area contributed by atoms with E-state index in [9.17, 15) is 14.2 Å². The molecule has 0 atom stereocenters. The lowest BCUT2D eigenvalue weighted by Gasteiger charge is -2.03. The molecule has 0 unspecified atom stereocenters. The minimum Gasteiger partial charge on any atom is -0.468 e. The van der Waals surface area contributed by atoms with Crippen molar-refractivity contribution < 1.29 is 28.7 Å². The van der Waals surface area contributed by atoms with Crippen molar-refractivity contribution >= 4 is 19.2 Å². The van der Waals surface area contributed by atoms with Gasteiger partial charge in [0.25, 0.3) is 0 Å². The lowest BCUT2D eigenvalue weighted by Crippen LogP contribution is -2.28. The fourth-order valence-corrected chi connectivity index (χ4v) is 0.608. The molecule has 0 aromatic carbocycles. The quantitative estimate of drug-likeness (QED) is 0.397. The van der Waals surface area contributed by atoms with Crippen LogP contribution in [0.1, 0.15) is 0 Å². The smallest absolute Gasteiger partial charge is 0.413 e. The summed E-state index contributed by atoms with van der Waals surface area (Å²) in [6.07, 6.45) is 0. The average Bonchev–Trinajstić information content (AvgIpc) is 1.97. The molecule has 0 fully saturated rings. The first-order chi connectivity index (χ1) is 5.38. The zero-order valence-electron chi connectivity index (χ0n) is 6.18. The standard InChI is InChI=1S/C4H8NO6P/c1-11-3(6)2-5-4(7)12(8,9)10/h2H2,1H3,(H,5,7)(H2,8,9,10). The monoisotopic (exact) mass is 197 g/mol. The van der Waals surface area contributed by atoms with Gasteiger partial charge in [-0.3, -0.25) is 9.59 Å². The van der Waals surface area contributed by atoms with Gasteiger partial charge in [0.2, 0.25) is 0 Å². The molecule has 0 aromatic rings. The maximum atomic E-state index is 10.4. The van der Waals surface area contributed by atoms with E-state index in [0.29, 0.717) is 0 Å². The van der Waals surface area contributed by atoms with Crippen LogP contribution in [0, 0.1) is 0 Å². The molecule has 0 radical (unpaired) electrons. The zero-order chi connectivity index (χ0) is 9.78. The van der Waals surface area contributed by atoms with Crippen LogP contribution in [0.25, 0.3) is 0 Å². The van der Waals surface area contributed by atoms with Crippen LogP contribution in [-0.2, 0) is 14.1 Å². The number of rotatable bonds is 3. The molecular formula is C4H8NO6P. The van der Waals surface area contributed by atoms with E-state index in [2.05, 4.69) is 4.74 Å². The van der Waals surface area contributed by atoms with Crippen molar-refractivity contribution in [3.05, 3.63) is 0 Å². The molecule has 0 aliphatic heterocycles.